The van der Waals surface area contributed by atoms with Crippen molar-refractivity contribution in [1.82, 2.24) is 9.88 Å². The second-order valence-corrected chi connectivity index (χ2v) is 4.96. The Bertz CT molecular complexity index is 358. The van der Waals surface area contributed by atoms with Gasteiger partial charge in [-0.05, 0) is 30.5 Å². The van der Waals surface area contributed by atoms with Crippen LogP contribution < -0.4 is 5.32 Å². The summed E-state index contributed by atoms with van der Waals surface area (Å²) in [5, 5.41) is 3.41. The first-order valence-corrected chi connectivity index (χ1v) is 6.54. The van der Waals surface area contributed by atoms with Crippen molar-refractivity contribution < 1.29 is 9.53 Å². The van der Waals surface area contributed by atoms with E-state index in [1.54, 1.807) is 0 Å². The highest BCUT2D eigenvalue weighted by Crippen LogP contribution is 2.04. The van der Waals surface area contributed by atoms with Crippen molar-refractivity contribution in [1.29, 1.82) is 0 Å². The zero-order chi connectivity index (χ0) is 13.4. The molecule has 1 N–H and O–H groups in total. The Balaban J connectivity index is 2.23. The van der Waals surface area contributed by atoms with Crippen LogP contribution in [0.2, 0.25) is 0 Å². The summed E-state index contributed by atoms with van der Waals surface area (Å²) in [6.07, 6.45) is 5.49. The quantitative estimate of drug-likeness (QED) is 0.721. The highest BCUT2D eigenvalue weighted by atomic mass is 16.5. The average Bonchev–Trinajstić information content (AvgIpc) is 2.76. The lowest BCUT2D eigenvalue weighted by Gasteiger charge is -2.05. The second kappa shape index (κ2) is 7.93. The van der Waals surface area contributed by atoms with Gasteiger partial charge in [0.05, 0.1) is 7.11 Å². The number of carbonyl (C=O) groups is 1. The third-order valence-electron chi connectivity index (χ3n) is 2.72. The van der Waals surface area contributed by atoms with Crippen molar-refractivity contribution in [2.24, 2.45) is 5.92 Å². The monoisotopic (exact) mass is 252 g/mol. The van der Waals surface area contributed by atoms with E-state index < -0.39 is 0 Å². The first kappa shape index (κ1) is 14.8. The summed E-state index contributed by atoms with van der Waals surface area (Å²) in [6, 6.07) is 2.12. The number of nitrogens with one attached hydrogen (secondary N) is 1. The molecule has 102 valence electrons. The van der Waals surface area contributed by atoms with Crippen LogP contribution in [-0.2, 0) is 22.6 Å². The summed E-state index contributed by atoms with van der Waals surface area (Å²) in [7, 11) is 1.43. The van der Waals surface area contributed by atoms with Gasteiger partial charge in [0.2, 0.25) is 0 Å². The molecule has 0 atom stereocenters. The Morgan fingerprint density at radius 2 is 2.28 bits per heavy atom. The van der Waals surface area contributed by atoms with Crippen LogP contribution in [0.4, 0.5) is 0 Å². The highest BCUT2D eigenvalue weighted by molar-refractivity contribution is 5.68. The molecule has 0 radical (unpaired) electrons. The summed E-state index contributed by atoms with van der Waals surface area (Å²) < 4.78 is 6.73. The Morgan fingerprint density at radius 3 is 2.94 bits per heavy atom. The summed E-state index contributed by atoms with van der Waals surface area (Å²) in [5.74, 6) is 0.535. The molecule has 0 amide bonds. The standard InChI is InChI=1S/C14H24N2O2/c1-12(2)9-15-10-13-6-8-16(11-13)7-4-5-14(17)18-3/h6,8,11-12,15H,4-5,7,9-10H2,1-3H3. The molecule has 0 bridgehead atoms. The smallest absolute Gasteiger partial charge is 0.305 e. The maximum absolute atomic E-state index is 11.0. The number of methoxy groups -OCH3 is 1. The first-order chi connectivity index (χ1) is 8.61. The van der Waals surface area contributed by atoms with Crippen molar-refractivity contribution in [2.45, 2.75) is 39.8 Å². The third kappa shape index (κ3) is 5.87. The fourth-order valence-corrected chi connectivity index (χ4v) is 1.75. The maximum atomic E-state index is 11.0. The molecular formula is C14H24N2O2. The fourth-order valence-electron chi connectivity index (χ4n) is 1.75. The lowest BCUT2D eigenvalue weighted by Crippen LogP contribution is -2.18. The first-order valence-electron chi connectivity index (χ1n) is 6.54. The van der Waals surface area contributed by atoms with Crippen LogP contribution in [-0.4, -0.2) is 24.2 Å². The van der Waals surface area contributed by atoms with E-state index in [9.17, 15) is 4.79 Å². The van der Waals surface area contributed by atoms with Crippen LogP contribution in [0.5, 0.6) is 0 Å². The summed E-state index contributed by atoms with van der Waals surface area (Å²) in [4.78, 5) is 11.0. The maximum Gasteiger partial charge on any atom is 0.305 e. The van der Waals surface area contributed by atoms with Crippen LogP contribution in [0.15, 0.2) is 18.5 Å². The number of rotatable bonds is 8. The van der Waals surface area contributed by atoms with Crippen molar-refractivity contribution in [3.8, 4) is 0 Å². The minimum absolute atomic E-state index is 0.138. The third-order valence-corrected chi connectivity index (χ3v) is 2.72. The van der Waals surface area contributed by atoms with E-state index in [0.717, 1.165) is 26.1 Å². The van der Waals surface area contributed by atoms with Crippen molar-refractivity contribution in [3.63, 3.8) is 0 Å². The molecule has 1 aromatic rings. The fraction of sp³-hybridized carbons (Fsp3) is 0.643. The number of esters is 1. The average molecular weight is 252 g/mol. The van der Waals surface area contributed by atoms with Gasteiger partial charge in [-0.2, -0.15) is 0 Å². The Hall–Kier alpha value is -1.29. The van der Waals surface area contributed by atoms with Crippen molar-refractivity contribution in [2.75, 3.05) is 13.7 Å². The molecule has 0 saturated carbocycles. The highest BCUT2D eigenvalue weighted by Gasteiger charge is 2.01. The van der Waals surface area contributed by atoms with Crippen LogP contribution in [0.1, 0.15) is 32.3 Å². The van der Waals surface area contributed by atoms with Gasteiger partial charge in [0, 0.05) is 31.9 Å². The van der Waals surface area contributed by atoms with Gasteiger partial charge >= 0.3 is 5.97 Å². The lowest BCUT2D eigenvalue weighted by atomic mass is 10.2. The van der Waals surface area contributed by atoms with Gasteiger partial charge in [0.15, 0.2) is 0 Å². The SMILES string of the molecule is COC(=O)CCCn1ccc(CNCC(C)C)c1. The van der Waals surface area contributed by atoms with Gasteiger partial charge in [-0.3, -0.25) is 4.79 Å². The van der Waals surface area contributed by atoms with Crippen LogP contribution in [0.25, 0.3) is 0 Å². The molecule has 0 aliphatic heterocycles. The van der Waals surface area contributed by atoms with Gasteiger partial charge in [0.1, 0.15) is 0 Å². The lowest BCUT2D eigenvalue weighted by molar-refractivity contribution is -0.140. The molecule has 0 aromatic carbocycles. The summed E-state index contributed by atoms with van der Waals surface area (Å²) in [6.45, 7) is 7.20. The Labute approximate surface area is 109 Å². The van der Waals surface area contributed by atoms with Gasteiger partial charge in [0.25, 0.3) is 0 Å². The number of ether oxygens (including phenoxy) is 1. The molecule has 0 fully saturated rings. The predicted molar refractivity (Wildman–Crippen MR) is 72.2 cm³/mol. The van der Waals surface area contributed by atoms with E-state index in [-0.39, 0.29) is 5.97 Å². The largest absolute Gasteiger partial charge is 0.469 e. The molecule has 0 saturated heterocycles. The molecule has 0 aliphatic rings. The normalized spacial score (nSPS) is 10.9. The van der Waals surface area contributed by atoms with E-state index in [4.69, 9.17) is 0 Å². The topological polar surface area (TPSA) is 43.3 Å². The number of aryl methyl sites for hydroxylation is 1. The van der Waals surface area contributed by atoms with Crippen LogP contribution in [0, 0.1) is 5.92 Å². The van der Waals surface area contributed by atoms with E-state index in [1.165, 1.54) is 12.7 Å². The molecule has 18 heavy (non-hydrogen) atoms. The Kier molecular flexibility index (Phi) is 6.50. The van der Waals surface area contributed by atoms with E-state index in [1.807, 2.05) is 0 Å². The molecule has 0 aliphatic carbocycles. The van der Waals surface area contributed by atoms with Crippen molar-refractivity contribution >= 4 is 5.97 Å². The van der Waals surface area contributed by atoms with Crippen molar-refractivity contribution in [3.05, 3.63) is 24.0 Å². The number of aromatic nitrogens is 1. The minimum atomic E-state index is -0.138. The van der Waals surface area contributed by atoms with Gasteiger partial charge in [-0.25, -0.2) is 0 Å². The number of hydrogen-bond acceptors (Lipinski definition) is 3. The summed E-state index contributed by atoms with van der Waals surface area (Å²) in [5.41, 5.74) is 1.29. The number of nitrogens with zero attached hydrogens (tertiary/aromatic N) is 1. The molecule has 4 heteroatoms. The summed E-state index contributed by atoms with van der Waals surface area (Å²) >= 11 is 0. The second-order valence-electron chi connectivity index (χ2n) is 4.96. The molecule has 1 rings (SSSR count). The molecule has 1 heterocycles. The zero-order valence-corrected chi connectivity index (χ0v) is 11.6. The zero-order valence-electron chi connectivity index (χ0n) is 11.6. The van der Waals surface area contributed by atoms with Gasteiger partial charge < -0.3 is 14.6 Å². The molecular weight excluding hydrogens is 228 g/mol. The molecule has 4 nitrogen and oxygen atoms in total. The Morgan fingerprint density at radius 1 is 1.50 bits per heavy atom. The van der Waals surface area contributed by atoms with Gasteiger partial charge in [-0.15, -0.1) is 0 Å². The predicted octanol–water partition coefficient (Wildman–Crippen LogP) is 2.19. The van der Waals surface area contributed by atoms with Gasteiger partial charge in [-0.1, -0.05) is 13.8 Å². The number of hydrogen-bond donors (Lipinski definition) is 1. The van der Waals surface area contributed by atoms with Crippen LogP contribution in [0.3, 0.4) is 0 Å². The van der Waals surface area contributed by atoms with E-state index >= 15 is 0 Å². The number of carbonyl (C=O) groups excluding carboxylic acids is 1. The molecule has 0 unspecified atom stereocenters. The van der Waals surface area contributed by atoms with Crippen LogP contribution >= 0.6 is 0 Å². The van der Waals surface area contributed by atoms with E-state index in [2.05, 4.69) is 46.9 Å². The molecule has 0 spiro atoms. The molecule has 1 aromatic heterocycles. The minimum Gasteiger partial charge on any atom is -0.469 e. The van der Waals surface area contributed by atoms with E-state index in [0.29, 0.717) is 12.3 Å².